The van der Waals surface area contributed by atoms with E-state index in [1.165, 1.54) is 4.31 Å². The van der Waals surface area contributed by atoms with E-state index in [-0.39, 0.29) is 11.8 Å². The summed E-state index contributed by atoms with van der Waals surface area (Å²) in [6, 6.07) is 13.8. The summed E-state index contributed by atoms with van der Waals surface area (Å²) in [5.41, 5.74) is 1.68. The highest BCUT2D eigenvalue weighted by molar-refractivity contribution is 7.89. The zero-order chi connectivity index (χ0) is 16.7. The summed E-state index contributed by atoms with van der Waals surface area (Å²) < 4.78 is 26.8. The van der Waals surface area contributed by atoms with Crippen LogP contribution in [0.3, 0.4) is 0 Å². The van der Waals surface area contributed by atoms with Crippen LogP contribution >= 0.6 is 0 Å². The van der Waals surface area contributed by atoms with Crippen LogP contribution in [-0.4, -0.2) is 41.9 Å². The largest absolute Gasteiger partial charge is 0.508 e. The van der Waals surface area contributed by atoms with Gasteiger partial charge in [0.25, 0.3) is 0 Å². The zero-order valence-corrected chi connectivity index (χ0v) is 13.6. The SMILES string of the molecule is O=S(=O)(c1ccc2cc[nH]c2c1)N1CC(Nc2ccc(O)cc2)C1. The predicted octanol–water partition coefficient (Wildman–Crippen LogP) is 2.36. The maximum Gasteiger partial charge on any atom is 0.243 e. The number of H-pyrrole nitrogens is 1. The van der Waals surface area contributed by atoms with E-state index >= 15 is 0 Å². The van der Waals surface area contributed by atoms with E-state index in [1.54, 1.807) is 42.6 Å². The molecule has 6 nitrogen and oxygen atoms in total. The first-order valence-corrected chi connectivity index (χ1v) is 9.09. The van der Waals surface area contributed by atoms with E-state index in [0.717, 1.165) is 16.6 Å². The number of aromatic amines is 1. The van der Waals surface area contributed by atoms with Crippen molar-refractivity contribution in [2.75, 3.05) is 18.4 Å². The van der Waals surface area contributed by atoms with Crippen LogP contribution in [0.5, 0.6) is 5.75 Å². The van der Waals surface area contributed by atoms with Gasteiger partial charge in [-0.1, -0.05) is 6.07 Å². The lowest BCUT2D eigenvalue weighted by Gasteiger charge is -2.38. The molecule has 3 aromatic rings. The van der Waals surface area contributed by atoms with E-state index in [1.807, 2.05) is 12.1 Å². The monoisotopic (exact) mass is 343 g/mol. The number of phenols is 1. The molecular weight excluding hydrogens is 326 g/mol. The number of aromatic nitrogens is 1. The second kappa shape index (κ2) is 5.54. The summed E-state index contributed by atoms with van der Waals surface area (Å²) in [4.78, 5) is 3.34. The molecule has 24 heavy (non-hydrogen) atoms. The second-order valence-electron chi connectivity index (χ2n) is 5.94. The topological polar surface area (TPSA) is 85.4 Å². The first-order chi connectivity index (χ1) is 11.5. The van der Waals surface area contributed by atoms with Gasteiger partial charge in [0, 0.05) is 30.5 Å². The van der Waals surface area contributed by atoms with Crippen molar-refractivity contribution in [2.45, 2.75) is 10.9 Å². The molecule has 1 aliphatic rings. The van der Waals surface area contributed by atoms with Crippen LogP contribution in [0, 0.1) is 0 Å². The third kappa shape index (κ3) is 2.61. The maximum atomic E-state index is 12.7. The average molecular weight is 343 g/mol. The number of aromatic hydroxyl groups is 1. The summed E-state index contributed by atoms with van der Waals surface area (Å²) in [5, 5.41) is 13.5. The number of hydrogen-bond donors (Lipinski definition) is 3. The summed E-state index contributed by atoms with van der Waals surface area (Å²) in [6.07, 6.45) is 1.79. The lowest BCUT2D eigenvalue weighted by molar-refractivity contribution is 0.281. The molecule has 0 unspecified atom stereocenters. The van der Waals surface area contributed by atoms with Gasteiger partial charge in [-0.05, 0) is 47.9 Å². The number of phenolic OH excluding ortho intramolecular Hbond substituents is 1. The lowest BCUT2D eigenvalue weighted by Crippen LogP contribution is -2.56. The smallest absolute Gasteiger partial charge is 0.243 e. The molecule has 0 aliphatic carbocycles. The molecule has 0 spiro atoms. The van der Waals surface area contributed by atoms with Gasteiger partial charge in [-0.15, -0.1) is 0 Å². The van der Waals surface area contributed by atoms with Gasteiger partial charge in [-0.2, -0.15) is 4.31 Å². The minimum atomic E-state index is -3.47. The Labute approximate surface area is 139 Å². The van der Waals surface area contributed by atoms with Gasteiger partial charge in [-0.3, -0.25) is 0 Å². The van der Waals surface area contributed by atoms with E-state index in [4.69, 9.17) is 0 Å². The summed E-state index contributed by atoms with van der Waals surface area (Å²) in [5.74, 6) is 0.207. The highest BCUT2D eigenvalue weighted by atomic mass is 32.2. The van der Waals surface area contributed by atoms with Gasteiger partial charge in [0.15, 0.2) is 0 Å². The van der Waals surface area contributed by atoms with Crippen LogP contribution in [-0.2, 0) is 10.0 Å². The number of fused-ring (bicyclic) bond motifs is 1. The van der Waals surface area contributed by atoms with Gasteiger partial charge in [-0.25, -0.2) is 8.42 Å². The Balaban J connectivity index is 1.46. The molecule has 1 aliphatic heterocycles. The first kappa shape index (κ1) is 15.0. The second-order valence-corrected chi connectivity index (χ2v) is 7.87. The Morgan fingerprint density at radius 1 is 1.08 bits per heavy atom. The number of sulfonamides is 1. The molecule has 2 aromatic carbocycles. The van der Waals surface area contributed by atoms with Crippen molar-refractivity contribution >= 4 is 26.6 Å². The molecule has 0 radical (unpaired) electrons. The van der Waals surface area contributed by atoms with Gasteiger partial charge in [0.2, 0.25) is 10.0 Å². The number of hydrogen-bond acceptors (Lipinski definition) is 4. The Hall–Kier alpha value is -2.51. The van der Waals surface area contributed by atoms with E-state index in [2.05, 4.69) is 10.3 Å². The molecule has 0 saturated carbocycles. The predicted molar refractivity (Wildman–Crippen MR) is 92.6 cm³/mol. The highest BCUT2D eigenvalue weighted by Gasteiger charge is 2.36. The Kier molecular flexibility index (Phi) is 3.47. The number of benzene rings is 2. The van der Waals surface area contributed by atoms with Crippen LogP contribution in [0.1, 0.15) is 0 Å². The van der Waals surface area contributed by atoms with E-state index < -0.39 is 10.0 Å². The number of rotatable bonds is 4. The molecule has 0 amide bonds. The van der Waals surface area contributed by atoms with Crippen molar-refractivity contribution in [3.05, 3.63) is 54.7 Å². The van der Waals surface area contributed by atoms with Crippen LogP contribution in [0.15, 0.2) is 59.6 Å². The summed E-state index contributed by atoms with van der Waals surface area (Å²) in [7, 11) is -3.47. The van der Waals surface area contributed by atoms with Gasteiger partial charge in [0.1, 0.15) is 5.75 Å². The maximum absolute atomic E-state index is 12.7. The van der Waals surface area contributed by atoms with Crippen LogP contribution in [0.25, 0.3) is 10.9 Å². The number of nitrogens with zero attached hydrogens (tertiary/aromatic N) is 1. The molecule has 1 fully saturated rings. The molecule has 1 saturated heterocycles. The molecule has 1 aromatic heterocycles. The molecular formula is C17H17N3O3S. The minimum Gasteiger partial charge on any atom is -0.508 e. The summed E-state index contributed by atoms with van der Waals surface area (Å²) in [6.45, 7) is 0.845. The first-order valence-electron chi connectivity index (χ1n) is 7.65. The minimum absolute atomic E-state index is 0.0681. The van der Waals surface area contributed by atoms with E-state index in [9.17, 15) is 13.5 Å². The molecule has 2 heterocycles. The normalized spacial score (nSPS) is 16.2. The van der Waals surface area contributed by atoms with Gasteiger partial charge in [0.05, 0.1) is 10.9 Å². The molecule has 0 bridgehead atoms. The molecule has 4 rings (SSSR count). The number of nitrogens with one attached hydrogen (secondary N) is 2. The third-order valence-electron chi connectivity index (χ3n) is 4.25. The third-order valence-corrected chi connectivity index (χ3v) is 6.08. The van der Waals surface area contributed by atoms with Crippen LogP contribution < -0.4 is 5.32 Å². The van der Waals surface area contributed by atoms with Crippen molar-refractivity contribution in [1.82, 2.24) is 9.29 Å². The van der Waals surface area contributed by atoms with Crippen molar-refractivity contribution in [3.8, 4) is 5.75 Å². The molecule has 124 valence electrons. The lowest BCUT2D eigenvalue weighted by atomic mass is 10.1. The standard InChI is InChI=1S/C17H17N3O3S/c21-15-4-2-13(3-5-15)19-14-10-20(11-14)24(22,23)16-6-1-12-7-8-18-17(12)9-16/h1-9,14,18-19,21H,10-11H2. The summed E-state index contributed by atoms with van der Waals surface area (Å²) >= 11 is 0. The fourth-order valence-corrected chi connectivity index (χ4v) is 4.41. The fraction of sp³-hybridized carbons (Fsp3) is 0.176. The Bertz CT molecular complexity index is 974. The quantitative estimate of drug-likeness (QED) is 0.635. The van der Waals surface area contributed by atoms with Gasteiger partial charge < -0.3 is 15.4 Å². The molecule has 7 heteroatoms. The highest BCUT2D eigenvalue weighted by Crippen LogP contribution is 2.26. The number of anilines is 1. The van der Waals surface area contributed by atoms with E-state index in [0.29, 0.717) is 18.0 Å². The fourth-order valence-electron chi connectivity index (χ4n) is 2.86. The average Bonchev–Trinajstić information content (AvgIpc) is 2.99. The Morgan fingerprint density at radius 2 is 1.83 bits per heavy atom. The van der Waals surface area contributed by atoms with Crippen LogP contribution in [0.4, 0.5) is 5.69 Å². The van der Waals surface area contributed by atoms with Crippen molar-refractivity contribution in [3.63, 3.8) is 0 Å². The van der Waals surface area contributed by atoms with Crippen molar-refractivity contribution in [2.24, 2.45) is 0 Å². The molecule has 3 N–H and O–H groups in total. The van der Waals surface area contributed by atoms with Crippen molar-refractivity contribution in [1.29, 1.82) is 0 Å². The Morgan fingerprint density at radius 3 is 2.58 bits per heavy atom. The van der Waals surface area contributed by atoms with Crippen LogP contribution in [0.2, 0.25) is 0 Å². The zero-order valence-electron chi connectivity index (χ0n) is 12.8. The van der Waals surface area contributed by atoms with Gasteiger partial charge >= 0.3 is 0 Å². The van der Waals surface area contributed by atoms with Crippen molar-refractivity contribution < 1.29 is 13.5 Å². The molecule has 0 atom stereocenters.